The molecule has 1 aliphatic heterocycles. The average molecular weight is 247 g/mol. The van der Waals surface area contributed by atoms with Crippen molar-refractivity contribution < 1.29 is 14.6 Å². The molecule has 2 aromatic heterocycles. The fraction of sp³-hybridized carbons (Fsp3) is 0.417. The molecule has 1 saturated heterocycles. The molecular weight excluding hydrogens is 234 g/mol. The topological polar surface area (TPSA) is 76.7 Å². The molecule has 0 bridgehead atoms. The standard InChI is InChI=1S/C12H13N3O3/c16-12(17)9-1-3-15-11(6-9)13-10(14-15)5-8-2-4-18-7-8/h1,3,6,8H,2,4-5,7H2,(H,16,17). The normalized spacial score (nSPS) is 19.4. The number of ether oxygens (including phenoxy) is 1. The SMILES string of the molecule is O=C(O)c1ccn2nc(CC3CCOC3)nc2c1. The van der Waals surface area contributed by atoms with Crippen LogP contribution < -0.4 is 0 Å². The second-order valence-corrected chi connectivity index (χ2v) is 4.49. The van der Waals surface area contributed by atoms with Gasteiger partial charge in [-0.25, -0.2) is 14.3 Å². The molecule has 94 valence electrons. The fourth-order valence-corrected chi connectivity index (χ4v) is 2.15. The predicted molar refractivity (Wildman–Crippen MR) is 62.6 cm³/mol. The van der Waals surface area contributed by atoms with Gasteiger partial charge >= 0.3 is 5.97 Å². The molecule has 2 aromatic rings. The van der Waals surface area contributed by atoms with Gasteiger partial charge in [0.15, 0.2) is 11.5 Å². The van der Waals surface area contributed by atoms with Crippen LogP contribution in [0.4, 0.5) is 0 Å². The summed E-state index contributed by atoms with van der Waals surface area (Å²) in [7, 11) is 0. The van der Waals surface area contributed by atoms with Crippen molar-refractivity contribution in [2.24, 2.45) is 5.92 Å². The summed E-state index contributed by atoms with van der Waals surface area (Å²) in [5.41, 5.74) is 0.800. The Morgan fingerprint density at radius 3 is 3.22 bits per heavy atom. The van der Waals surface area contributed by atoms with E-state index in [4.69, 9.17) is 9.84 Å². The lowest BCUT2D eigenvalue weighted by atomic mass is 10.1. The number of pyridine rings is 1. The lowest BCUT2D eigenvalue weighted by Crippen LogP contribution is -2.05. The van der Waals surface area contributed by atoms with Crippen LogP contribution in [0.15, 0.2) is 18.3 Å². The van der Waals surface area contributed by atoms with Gasteiger partial charge in [-0.2, -0.15) is 5.10 Å². The number of carboxylic acids is 1. The highest BCUT2D eigenvalue weighted by Gasteiger charge is 2.18. The van der Waals surface area contributed by atoms with E-state index in [1.165, 1.54) is 12.1 Å². The molecule has 0 aliphatic carbocycles. The number of nitrogens with zero attached hydrogens (tertiary/aromatic N) is 3. The number of aromatic carboxylic acids is 1. The first-order valence-corrected chi connectivity index (χ1v) is 5.89. The van der Waals surface area contributed by atoms with Crippen molar-refractivity contribution in [1.82, 2.24) is 14.6 Å². The Hall–Kier alpha value is -1.95. The van der Waals surface area contributed by atoms with E-state index in [0.29, 0.717) is 11.6 Å². The van der Waals surface area contributed by atoms with Gasteiger partial charge < -0.3 is 9.84 Å². The Morgan fingerprint density at radius 2 is 2.50 bits per heavy atom. The van der Waals surface area contributed by atoms with Crippen molar-refractivity contribution in [3.05, 3.63) is 29.7 Å². The van der Waals surface area contributed by atoms with Crippen LogP contribution in [0.3, 0.4) is 0 Å². The largest absolute Gasteiger partial charge is 0.478 e. The number of aromatic nitrogens is 3. The summed E-state index contributed by atoms with van der Waals surface area (Å²) in [6.45, 7) is 1.57. The van der Waals surface area contributed by atoms with E-state index in [0.717, 1.165) is 31.9 Å². The molecule has 18 heavy (non-hydrogen) atoms. The van der Waals surface area contributed by atoms with E-state index in [1.807, 2.05) is 0 Å². The first-order chi connectivity index (χ1) is 8.72. The molecule has 1 aliphatic rings. The van der Waals surface area contributed by atoms with Gasteiger partial charge in [-0.15, -0.1) is 0 Å². The summed E-state index contributed by atoms with van der Waals surface area (Å²) in [6.07, 6.45) is 3.44. The highest BCUT2D eigenvalue weighted by Crippen LogP contribution is 2.17. The maximum atomic E-state index is 10.9. The van der Waals surface area contributed by atoms with Gasteiger partial charge in [-0.1, -0.05) is 0 Å². The summed E-state index contributed by atoms with van der Waals surface area (Å²) in [4.78, 5) is 15.2. The van der Waals surface area contributed by atoms with Gasteiger partial charge in [-0.05, 0) is 24.5 Å². The summed E-state index contributed by atoms with van der Waals surface area (Å²) in [6, 6.07) is 3.05. The van der Waals surface area contributed by atoms with Crippen molar-refractivity contribution in [3.8, 4) is 0 Å². The van der Waals surface area contributed by atoms with Crippen LogP contribution in [-0.4, -0.2) is 38.9 Å². The number of hydrogen-bond acceptors (Lipinski definition) is 4. The first kappa shape index (κ1) is 11.2. The lowest BCUT2D eigenvalue weighted by Gasteiger charge is -2.01. The second kappa shape index (κ2) is 4.38. The quantitative estimate of drug-likeness (QED) is 0.875. The van der Waals surface area contributed by atoms with Crippen molar-refractivity contribution in [2.75, 3.05) is 13.2 Å². The summed E-state index contributed by atoms with van der Waals surface area (Å²) in [5, 5.41) is 13.2. The highest BCUT2D eigenvalue weighted by molar-refractivity contribution is 5.88. The molecule has 0 amide bonds. The molecule has 0 aromatic carbocycles. The van der Waals surface area contributed by atoms with Crippen LogP contribution in [0.5, 0.6) is 0 Å². The minimum Gasteiger partial charge on any atom is -0.478 e. The Labute approximate surface area is 103 Å². The molecule has 0 saturated carbocycles. The molecule has 0 spiro atoms. The predicted octanol–water partition coefficient (Wildman–Crippen LogP) is 1.01. The summed E-state index contributed by atoms with van der Waals surface area (Å²) >= 11 is 0. The van der Waals surface area contributed by atoms with Gasteiger partial charge in [0.05, 0.1) is 5.56 Å². The Morgan fingerprint density at radius 1 is 1.61 bits per heavy atom. The van der Waals surface area contributed by atoms with Crippen molar-refractivity contribution in [1.29, 1.82) is 0 Å². The third kappa shape index (κ3) is 2.06. The first-order valence-electron chi connectivity index (χ1n) is 5.89. The van der Waals surface area contributed by atoms with Crippen LogP contribution in [0.1, 0.15) is 22.6 Å². The van der Waals surface area contributed by atoms with Gasteiger partial charge in [0.1, 0.15) is 0 Å². The second-order valence-electron chi connectivity index (χ2n) is 4.49. The van der Waals surface area contributed by atoms with E-state index < -0.39 is 5.97 Å². The highest BCUT2D eigenvalue weighted by atomic mass is 16.5. The third-order valence-corrected chi connectivity index (χ3v) is 3.12. The maximum absolute atomic E-state index is 10.9. The third-order valence-electron chi connectivity index (χ3n) is 3.12. The zero-order chi connectivity index (χ0) is 12.5. The van der Waals surface area contributed by atoms with Gasteiger partial charge in [0, 0.05) is 25.8 Å². The molecule has 3 rings (SSSR count). The van der Waals surface area contributed by atoms with E-state index in [-0.39, 0.29) is 5.56 Å². The van der Waals surface area contributed by atoms with Crippen molar-refractivity contribution >= 4 is 11.6 Å². The van der Waals surface area contributed by atoms with Crippen LogP contribution in [0, 0.1) is 5.92 Å². The van der Waals surface area contributed by atoms with E-state index in [9.17, 15) is 4.79 Å². The summed E-state index contributed by atoms with van der Waals surface area (Å²) < 4.78 is 6.92. The molecule has 0 radical (unpaired) electrons. The molecule has 1 fully saturated rings. The number of hydrogen-bond donors (Lipinski definition) is 1. The maximum Gasteiger partial charge on any atom is 0.335 e. The fourth-order valence-electron chi connectivity index (χ4n) is 2.15. The molecule has 1 unspecified atom stereocenters. The van der Waals surface area contributed by atoms with Crippen LogP contribution in [-0.2, 0) is 11.2 Å². The zero-order valence-corrected chi connectivity index (χ0v) is 9.74. The van der Waals surface area contributed by atoms with Crippen molar-refractivity contribution in [2.45, 2.75) is 12.8 Å². The zero-order valence-electron chi connectivity index (χ0n) is 9.74. The van der Waals surface area contributed by atoms with Gasteiger partial charge in [0.2, 0.25) is 0 Å². The molecule has 6 nitrogen and oxygen atoms in total. The molecule has 6 heteroatoms. The van der Waals surface area contributed by atoms with E-state index in [1.54, 1.807) is 10.7 Å². The molecule has 3 heterocycles. The van der Waals surface area contributed by atoms with E-state index in [2.05, 4.69) is 10.1 Å². The molecular formula is C12H13N3O3. The number of carbonyl (C=O) groups is 1. The van der Waals surface area contributed by atoms with Crippen LogP contribution in [0.2, 0.25) is 0 Å². The Kier molecular flexibility index (Phi) is 2.71. The monoisotopic (exact) mass is 247 g/mol. The number of rotatable bonds is 3. The smallest absolute Gasteiger partial charge is 0.335 e. The Bertz CT molecular complexity index is 587. The van der Waals surface area contributed by atoms with Gasteiger partial charge in [-0.3, -0.25) is 0 Å². The number of carboxylic acid groups (broad SMARTS) is 1. The van der Waals surface area contributed by atoms with Crippen LogP contribution >= 0.6 is 0 Å². The lowest BCUT2D eigenvalue weighted by molar-refractivity contribution is 0.0697. The minimum atomic E-state index is -0.953. The minimum absolute atomic E-state index is 0.227. The number of fused-ring (bicyclic) bond motifs is 1. The molecule has 1 N–H and O–H groups in total. The summed E-state index contributed by atoms with van der Waals surface area (Å²) in [5.74, 6) is 0.264. The molecule has 1 atom stereocenters. The van der Waals surface area contributed by atoms with Gasteiger partial charge in [0.25, 0.3) is 0 Å². The van der Waals surface area contributed by atoms with Crippen LogP contribution in [0.25, 0.3) is 5.65 Å². The average Bonchev–Trinajstić information content (AvgIpc) is 2.96. The Balaban J connectivity index is 1.87. The van der Waals surface area contributed by atoms with Crippen molar-refractivity contribution in [3.63, 3.8) is 0 Å². The van der Waals surface area contributed by atoms with E-state index >= 15 is 0 Å².